The summed E-state index contributed by atoms with van der Waals surface area (Å²) in [6, 6.07) is 9.03. The van der Waals surface area contributed by atoms with Gasteiger partial charge in [-0.15, -0.1) is 5.10 Å². The SMILES string of the molecule is CCn1nnc(N2CC3CC(CN(CC(O)COc4ccc(C#N)cc4)C3)C2)n1. The van der Waals surface area contributed by atoms with Gasteiger partial charge < -0.3 is 14.7 Å². The molecule has 1 aromatic carbocycles. The van der Waals surface area contributed by atoms with Crippen LogP contribution in [0.25, 0.3) is 0 Å². The molecule has 1 aromatic heterocycles. The lowest BCUT2D eigenvalue weighted by Crippen LogP contribution is -2.54. The molecule has 2 fully saturated rings. The van der Waals surface area contributed by atoms with Crippen LogP contribution in [0.1, 0.15) is 18.9 Å². The summed E-state index contributed by atoms with van der Waals surface area (Å²) in [5.74, 6) is 2.48. The van der Waals surface area contributed by atoms with Crippen LogP contribution in [-0.4, -0.2) is 75.6 Å². The van der Waals surface area contributed by atoms with E-state index in [1.54, 1.807) is 29.1 Å². The van der Waals surface area contributed by atoms with E-state index in [1.807, 2.05) is 6.92 Å². The molecule has 2 aliphatic heterocycles. The monoisotopic (exact) mass is 397 g/mol. The van der Waals surface area contributed by atoms with Crippen LogP contribution in [0.15, 0.2) is 24.3 Å². The molecule has 0 saturated carbocycles. The molecule has 4 rings (SSSR count). The van der Waals surface area contributed by atoms with Gasteiger partial charge in [-0.05, 0) is 54.7 Å². The molecule has 2 bridgehead atoms. The number of β-amino-alcohol motifs (C(OH)–C–C–N with tert-alkyl or cyclic N) is 1. The molecule has 0 amide bonds. The number of tetrazole rings is 1. The van der Waals surface area contributed by atoms with Gasteiger partial charge in [0, 0.05) is 32.7 Å². The number of aliphatic hydroxyl groups excluding tert-OH is 1. The number of aliphatic hydroxyl groups is 1. The van der Waals surface area contributed by atoms with Crippen molar-refractivity contribution in [1.29, 1.82) is 5.26 Å². The molecule has 3 heterocycles. The standard InChI is InChI=1S/C20H27N7O2/c1-2-27-23-20(22-24-27)26-11-16-7-17(12-26)10-25(9-16)13-18(28)14-29-19-5-3-15(8-21)4-6-19/h3-6,16-18,28H,2,7,9-14H2,1H3. The number of aryl methyl sites for hydroxylation is 1. The van der Waals surface area contributed by atoms with Gasteiger partial charge in [-0.25, -0.2) is 0 Å². The second-order valence-electron chi connectivity index (χ2n) is 7.97. The van der Waals surface area contributed by atoms with Crippen LogP contribution in [-0.2, 0) is 6.54 Å². The van der Waals surface area contributed by atoms with Crippen LogP contribution < -0.4 is 9.64 Å². The van der Waals surface area contributed by atoms with Crippen molar-refractivity contribution in [3.8, 4) is 11.8 Å². The van der Waals surface area contributed by atoms with Gasteiger partial charge in [0.05, 0.1) is 18.2 Å². The van der Waals surface area contributed by atoms with Crippen LogP contribution in [0.4, 0.5) is 5.95 Å². The van der Waals surface area contributed by atoms with Gasteiger partial charge in [-0.1, -0.05) is 5.10 Å². The molecule has 9 heteroatoms. The van der Waals surface area contributed by atoms with Gasteiger partial charge in [0.1, 0.15) is 18.5 Å². The summed E-state index contributed by atoms with van der Waals surface area (Å²) in [5.41, 5.74) is 0.597. The first-order valence-corrected chi connectivity index (χ1v) is 10.2. The van der Waals surface area contributed by atoms with Crippen molar-refractivity contribution in [3.63, 3.8) is 0 Å². The maximum atomic E-state index is 10.4. The van der Waals surface area contributed by atoms with Gasteiger partial charge >= 0.3 is 0 Å². The molecule has 3 unspecified atom stereocenters. The van der Waals surface area contributed by atoms with Crippen molar-refractivity contribution in [3.05, 3.63) is 29.8 Å². The lowest BCUT2D eigenvalue weighted by Gasteiger charge is -2.45. The first kappa shape index (κ1) is 19.6. The van der Waals surface area contributed by atoms with Crippen molar-refractivity contribution in [1.82, 2.24) is 25.1 Å². The number of benzene rings is 1. The summed E-state index contributed by atoms with van der Waals surface area (Å²) < 4.78 is 5.67. The summed E-state index contributed by atoms with van der Waals surface area (Å²) in [7, 11) is 0. The molecule has 154 valence electrons. The van der Waals surface area contributed by atoms with Gasteiger partial charge in [0.25, 0.3) is 5.95 Å². The van der Waals surface area contributed by atoms with E-state index in [9.17, 15) is 5.11 Å². The Balaban J connectivity index is 1.25. The van der Waals surface area contributed by atoms with E-state index in [1.165, 1.54) is 6.42 Å². The van der Waals surface area contributed by atoms with Crippen LogP contribution >= 0.6 is 0 Å². The molecule has 1 N–H and O–H groups in total. The van der Waals surface area contributed by atoms with Gasteiger partial charge in [0.15, 0.2) is 0 Å². The number of fused-ring (bicyclic) bond motifs is 2. The first-order chi connectivity index (χ1) is 14.1. The minimum absolute atomic E-state index is 0.244. The molecule has 9 nitrogen and oxygen atoms in total. The van der Waals surface area contributed by atoms with Crippen molar-refractivity contribution >= 4 is 5.95 Å². The van der Waals surface area contributed by atoms with E-state index >= 15 is 0 Å². The Morgan fingerprint density at radius 3 is 2.55 bits per heavy atom. The average Bonchev–Trinajstić information content (AvgIpc) is 3.21. The van der Waals surface area contributed by atoms with Crippen molar-refractivity contribution in [2.24, 2.45) is 11.8 Å². The highest BCUT2D eigenvalue weighted by Crippen LogP contribution is 2.30. The number of hydrogen-bond donors (Lipinski definition) is 1. The molecule has 29 heavy (non-hydrogen) atoms. The van der Waals surface area contributed by atoms with Crippen molar-refractivity contribution in [2.45, 2.75) is 26.0 Å². The normalized spacial score (nSPS) is 22.9. The maximum absolute atomic E-state index is 10.4. The Morgan fingerprint density at radius 2 is 1.93 bits per heavy atom. The summed E-state index contributed by atoms with van der Waals surface area (Å²) in [6.07, 6.45) is 0.666. The number of anilines is 1. The van der Waals surface area contributed by atoms with E-state index in [4.69, 9.17) is 10.00 Å². The zero-order chi connectivity index (χ0) is 20.2. The second kappa shape index (κ2) is 8.76. The smallest absolute Gasteiger partial charge is 0.266 e. The van der Waals surface area contributed by atoms with E-state index in [-0.39, 0.29) is 6.61 Å². The largest absolute Gasteiger partial charge is 0.491 e. The highest BCUT2D eigenvalue weighted by Gasteiger charge is 2.36. The summed E-state index contributed by atoms with van der Waals surface area (Å²) in [5, 5.41) is 32.0. The first-order valence-electron chi connectivity index (χ1n) is 10.2. The van der Waals surface area contributed by atoms with Crippen LogP contribution in [0, 0.1) is 23.2 Å². The number of nitrogens with zero attached hydrogens (tertiary/aromatic N) is 7. The predicted molar refractivity (Wildman–Crippen MR) is 106 cm³/mol. The molecule has 2 aliphatic rings. The van der Waals surface area contributed by atoms with Crippen LogP contribution in [0.3, 0.4) is 0 Å². The lowest BCUT2D eigenvalue weighted by atomic mass is 9.84. The van der Waals surface area contributed by atoms with E-state index in [0.717, 1.165) is 38.7 Å². The van der Waals surface area contributed by atoms with Gasteiger partial charge in [-0.2, -0.15) is 10.1 Å². The van der Waals surface area contributed by atoms with E-state index in [0.29, 0.717) is 29.7 Å². The van der Waals surface area contributed by atoms with E-state index in [2.05, 4.69) is 31.3 Å². The number of aromatic nitrogens is 4. The van der Waals surface area contributed by atoms with Gasteiger partial charge in [-0.3, -0.25) is 4.90 Å². The maximum Gasteiger partial charge on any atom is 0.266 e. The van der Waals surface area contributed by atoms with E-state index < -0.39 is 6.10 Å². The summed E-state index contributed by atoms with van der Waals surface area (Å²) in [6.45, 7) is 7.36. The zero-order valence-electron chi connectivity index (χ0n) is 16.7. The molecule has 0 radical (unpaired) electrons. The highest BCUT2D eigenvalue weighted by molar-refractivity contribution is 5.34. The third-order valence-electron chi connectivity index (χ3n) is 5.56. The molecule has 3 atom stereocenters. The zero-order valence-corrected chi connectivity index (χ0v) is 16.7. The Kier molecular flexibility index (Phi) is 5.92. The quantitative estimate of drug-likeness (QED) is 0.730. The predicted octanol–water partition coefficient (Wildman–Crippen LogP) is 0.763. The minimum Gasteiger partial charge on any atom is -0.491 e. The average molecular weight is 397 g/mol. The topological polar surface area (TPSA) is 103 Å². The lowest BCUT2D eigenvalue weighted by molar-refractivity contribution is 0.0333. The number of likely N-dealkylation sites (tertiary alicyclic amines) is 1. The fourth-order valence-corrected chi connectivity index (χ4v) is 4.36. The molecular weight excluding hydrogens is 370 g/mol. The summed E-state index contributed by atoms with van der Waals surface area (Å²) in [4.78, 5) is 6.22. The number of rotatable bonds is 7. The van der Waals surface area contributed by atoms with Crippen molar-refractivity contribution in [2.75, 3.05) is 44.2 Å². The number of nitriles is 1. The molecule has 0 aliphatic carbocycles. The Bertz CT molecular complexity index is 833. The molecule has 2 aromatic rings. The highest BCUT2D eigenvalue weighted by atomic mass is 16.5. The second-order valence-corrected chi connectivity index (χ2v) is 7.97. The fourth-order valence-electron chi connectivity index (χ4n) is 4.36. The molecule has 2 saturated heterocycles. The van der Waals surface area contributed by atoms with Crippen molar-refractivity contribution < 1.29 is 9.84 Å². The number of piperidine rings is 2. The number of hydrogen-bond acceptors (Lipinski definition) is 8. The summed E-state index contributed by atoms with van der Waals surface area (Å²) >= 11 is 0. The van der Waals surface area contributed by atoms with Crippen LogP contribution in [0.5, 0.6) is 5.75 Å². The Hall–Kier alpha value is -2.70. The fraction of sp³-hybridized carbons (Fsp3) is 0.600. The molecule has 0 spiro atoms. The minimum atomic E-state index is -0.549. The Morgan fingerprint density at radius 1 is 1.21 bits per heavy atom. The van der Waals surface area contributed by atoms with Crippen LogP contribution in [0.2, 0.25) is 0 Å². The Labute approximate surface area is 170 Å². The molecular formula is C20H27N7O2. The third-order valence-corrected chi connectivity index (χ3v) is 5.56. The van der Waals surface area contributed by atoms with Gasteiger partial charge in [0.2, 0.25) is 0 Å². The number of ether oxygens (including phenoxy) is 1. The third kappa shape index (κ3) is 4.83.